The standard InChI is InChI=1S/C33H33Cl2N3O2.C27H26Cl2N4O2.C25H22F3N3O3/c1-22(2)40-21-33(39)37(18-24-9-7-23(17-36)8-10-24)19-25-11-14-32-29(15-25)28-5-3-4-6-31(28)38(32)20-26-16-27(34)12-13-30(26)35;1-17-26-25(27(34)32(17)9-8-31-10-12-35-13-11-31)24-20-4-2-3-5-22(20)33(23(24)15-30-26)16-18-14-19(28)6-7-21(18)29;26-19-6-5-16(23(27)24(19)28)15-31-21-4-2-1-3-17(21)18-13-20(29-14-22(18)31)25(32)34-12-9-30-7-10-33-11-8-30/h3-6,11-16,23-24H,1,7-10,18-21H2,2H3;2-7,14-15,27,34H,1,8-13,16H2;1-6,13-14H,7-12,15H2. The molecule has 562 valence electrons. The van der Waals surface area contributed by atoms with Gasteiger partial charge in [0.1, 0.15) is 12.3 Å². The van der Waals surface area contributed by atoms with Crippen LogP contribution in [-0.4, -0.2) is 152 Å². The van der Waals surface area contributed by atoms with E-state index in [9.17, 15) is 33.1 Å². The van der Waals surface area contributed by atoms with Crippen molar-refractivity contribution >= 4 is 129 Å². The molecular formula is C85H81Cl4F3N10O7. The molecule has 1 saturated carbocycles. The quantitative estimate of drug-likeness (QED) is 0.0435. The molecule has 3 aliphatic heterocycles. The van der Waals surface area contributed by atoms with E-state index in [4.69, 9.17) is 70.3 Å². The number of carbonyl (C=O) groups excluding carboxylic acids is 2. The van der Waals surface area contributed by atoms with Crippen LogP contribution < -0.4 is 0 Å². The van der Waals surface area contributed by atoms with Gasteiger partial charge in [0.25, 0.3) is 5.91 Å². The summed E-state index contributed by atoms with van der Waals surface area (Å²) in [4.78, 5) is 43.3. The number of carbonyl (C=O) groups is 2. The molecule has 5 aromatic heterocycles. The Labute approximate surface area is 649 Å². The molecule has 1 unspecified atom stereocenters. The van der Waals surface area contributed by atoms with Gasteiger partial charge in [0, 0.05) is 164 Å². The molecule has 1 atom stereocenters. The van der Waals surface area contributed by atoms with Crippen molar-refractivity contribution in [2.75, 3.05) is 92.0 Å². The zero-order valence-corrected chi connectivity index (χ0v) is 63.3. The van der Waals surface area contributed by atoms with E-state index in [0.29, 0.717) is 89.8 Å². The number of benzene rings is 7. The molecule has 109 heavy (non-hydrogen) atoms. The Balaban J connectivity index is 0.000000137. The third kappa shape index (κ3) is 16.8. The SMILES string of the molecule is C=C(C)OCC(=O)N(Cc1ccc2c(c1)c1ccccc1n2Cc1cc(Cl)ccc1Cl)CC1CCC(C#N)CC1.C=C1c2ncc3c(c2C(O)N1CCN1CCOCC1)c1ccccc1n3Cc1cc(Cl)ccc1Cl.O=C(OCCN1CCOCC1)c1cc2c3ccccc3n(Cc3ccc(F)c(F)c3F)c2cn1. The predicted octanol–water partition coefficient (Wildman–Crippen LogP) is 17.7. The second-order valence-corrected chi connectivity index (χ2v) is 29.7. The van der Waals surface area contributed by atoms with Crippen molar-refractivity contribution < 1.29 is 46.8 Å². The first kappa shape index (κ1) is 76.3. The molecule has 12 aromatic rings. The number of hydrogen-bond acceptors (Lipinski definition) is 13. The maximum atomic E-state index is 14.4. The van der Waals surface area contributed by atoms with Crippen molar-refractivity contribution in [2.24, 2.45) is 11.8 Å². The van der Waals surface area contributed by atoms with E-state index in [1.807, 2.05) is 88.8 Å². The molecule has 3 fully saturated rings. The highest BCUT2D eigenvalue weighted by Gasteiger charge is 2.36. The Morgan fingerprint density at radius 3 is 1.79 bits per heavy atom. The van der Waals surface area contributed by atoms with E-state index < -0.39 is 29.6 Å². The van der Waals surface area contributed by atoms with Crippen LogP contribution in [0.15, 0.2) is 177 Å². The van der Waals surface area contributed by atoms with E-state index >= 15 is 0 Å². The van der Waals surface area contributed by atoms with Gasteiger partial charge < -0.3 is 47.6 Å². The van der Waals surface area contributed by atoms with Crippen molar-refractivity contribution in [3.63, 3.8) is 0 Å². The van der Waals surface area contributed by atoms with Crippen LogP contribution in [-0.2, 0) is 49.9 Å². The third-order valence-corrected chi connectivity index (χ3v) is 22.2. The fraction of sp³-hybridized carbons (Fsp3) is 0.306. The number of aliphatic hydroxyl groups excluding tert-OH is 1. The first-order valence-electron chi connectivity index (χ1n) is 36.5. The fourth-order valence-corrected chi connectivity index (χ4v) is 16.0. The second kappa shape index (κ2) is 34.2. The van der Waals surface area contributed by atoms with Gasteiger partial charge in [-0.3, -0.25) is 19.6 Å². The Kier molecular flexibility index (Phi) is 23.9. The molecule has 1 aliphatic carbocycles. The van der Waals surface area contributed by atoms with Crippen LogP contribution in [0.5, 0.6) is 0 Å². The van der Waals surface area contributed by atoms with Crippen LogP contribution in [0, 0.1) is 40.6 Å². The number of rotatable bonds is 20. The number of aliphatic hydroxyl groups is 1. The van der Waals surface area contributed by atoms with Crippen molar-refractivity contribution in [2.45, 2.75) is 65.0 Å². The number of esters is 1. The number of halogens is 7. The van der Waals surface area contributed by atoms with E-state index in [-0.39, 0.29) is 42.8 Å². The smallest absolute Gasteiger partial charge is 0.356 e. The van der Waals surface area contributed by atoms with Gasteiger partial charge in [-0.1, -0.05) is 126 Å². The van der Waals surface area contributed by atoms with Gasteiger partial charge in [0.15, 0.2) is 30.3 Å². The van der Waals surface area contributed by atoms with Crippen LogP contribution in [0.25, 0.3) is 71.1 Å². The Morgan fingerprint density at radius 1 is 0.615 bits per heavy atom. The van der Waals surface area contributed by atoms with Gasteiger partial charge in [0.05, 0.1) is 79.6 Å². The van der Waals surface area contributed by atoms with Gasteiger partial charge in [-0.2, -0.15) is 5.26 Å². The van der Waals surface area contributed by atoms with Crippen LogP contribution in [0.3, 0.4) is 0 Å². The van der Waals surface area contributed by atoms with Gasteiger partial charge >= 0.3 is 5.97 Å². The summed E-state index contributed by atoms with van der Waals surface area (Å²) in [6.07, 6.45) is 6.32. The number of nitrogens with zero attached hydrogens (tertiary/aromatic N) is 10. The predicted molar refractivity (Wildman–Crippen MR) is 423 cm³/mol. The summed E-state index contributed by atoms with van der Waals surface area (Å²) in [6.45, 7) is 20.7. The number of aromatic nitrogens is 5. The average Bonchev–Trinajstić information content (AvgIpc) is 1.56. The molecule has 2 saturated heterocycles. The minimum absolute atomic E-state index is 0.00755. The van der Waals surface area contributed by atoms with Crippen molar-refractivity contribution in [3.05, 3.63) is 254 Å². The minimum Gasteiger partial charge on any atom is -0.489 e. The number of nitriles is 1. The molecule has 8 heterocycles. The summed E-state index contributed by atoms with van der Waals surface area (Å²) in [5.41, 5.74) is 11.1. The fourth-order valence-electron chi connectivity index (χ4n) is 15.3. The molecule has 7 aromatic carbocycles. The van der Waals surface area contributed by atoms with E-state index in [0.717, 1.165) is 171 Å². The molecular weight excluding hydrogens is 1470 g/mol. The number of morpholine rings is 2. The zero-order valence-electron chi connectivity index (χ0n) is 60.2. The number of amides is 1. The highest BCUT2D eigenvalue weighted by molar-refractivity contribution is 6.34. The summed E-state index contributed by atoms with van der Waals surface area (Å²) in [7, 11) is 0. The lowest BCUT2D eigenvalue weighted by Gasteiger charge is -2.31. The van der Waals surface area contributed by atoms with Crippen molar-refractivity contribution in [1.29, 1.82) is 5.26 Å². The molecule has 1 N–H and O–H groups in total. The number of allylic oxidation sites excluding steroid dienone is 1. The van der Waals surface area contributed by atoms with E-state index in [2.05, 4.69) is 85.6 Å². The van der Waals surface area contributed by atoms with Gasteiger partial charge in [-0.05, 0) is 134 Å². The van der Waals surface area contributed by atoms with E-state index in [1.165, 1.54) is 12.3 Å². The molecule has 24 heteroatoms. The molecule has 0 bridgehead atoms. The summed E-state index contributed by atoms with van der Waals surface area (Å²) in [5, 5.41) is 29.4. The molecule has 16 rings (SSSR count). The Morgan fingerprint density at radius 2 is 1.17 bits per heavy atom. The lowest BCUT2D eigenvalue weighted by atomic mass is 9.82. The van der Waals surface area contributed by atoms with Crippen molar-refractivity contribution in [3.8, 4) is 6.07 Å². The third-order valence-electron chi connectivity index (χ3n) is 21.0. The van der Waals surface area contributed by atoms with Gasteiger partial charge in [0.2, 0.25) is 0 Å². The first-order chi connectivity index (χ1) is 52.9. The van der Waals surface area contributed by atoms with Crippen LogP contribution in [0.4, 0.5) is 13.2 Å². The van der Waals surface area contributed by atoms with Gasteiger partial charge in [-0.25, -0.2) is 22.9 Å². The molecule has 4 aliphatic rings. The van der Waals surface area contributed by atoms with Crippen LogP contribution in [0.2, 0.25) is 20.1 Å². The summed E-state index contributed by atoms with van der Waals surface area (Å²) >= 11 is 25.6. The summed E-state index contributed by atoms with van der Waals surface area (Å²) < 4.78 is 69.4. The number of para-hydroxylation sites is 3. The number of hydrogen-bond donors (Lipinski definition) is 1. The lowest BCUT2D eigenvalue weighted by molar-refractivity contribution is -0.136. The van der Waals surface area contributed by atoms with Crippen LogP contribution >= 0.6 is 46.4 Å². The summed E-state index contributed by atoms with van der Waals surface area (Å²) in [6, 6.07) is 47.7. The number of fused-ring (bicyclic) bond motifs is 11. The Bertz CT molecular complexity index is 5470. The summed E-state index contributed by atoms with van der Waals surface area (Å²) in [5.74, 6) is -3.50. The maximum absolute atomic E-state index is 14.4. The molecule has 0 radical (unpaired) electrons. The molecule has 1 amide bonds. The monoisotopic (exact) mass is 1550 g/mol. The van der Waals surface area contributed by atoms with Crippen LogP contribution in [0.1, 0.15) is 82.8 Å². The Hall–Kier alpha value is -9.50. The van der Waals surface area contributed by atoms with Gasteiger partial charge in [-0.15, -0.1) is 0 Å². The molecule has 0 spiro atoms. The van der Waals surface area contributed by atoms with Crippen molar-refractivity contribution in [1.82, 2.24) is 43.3 Å². The highest BCUT2D eigenvalue weighted by Crippen LogP contribution is 2.45. The van der Waals surface area contributed by atoms with E-state index in [1.54, 1.807) is 29.7 Å². The second-order valence-electron chi connectivity index (χ2n) is 28.0. The highest BCUT2D eigenvalue weighted by atomic mass is 35.5. The molecule has 17 nitrogen and oxygen atoms in total. The average molecular weight is 1550 g/mol. The normalized spacial score (nSPS) is 16.8. The maximum Gasteiger partial charge on any atom is 0.356 e. The minimum atomic E-state index is -1.50. The number of ether oxygens (including phenoxy) is 4. The zero-order chi connectivity index (χ0) is 76.0. The topological polar surface area (TPSA) is 169 Å². The number of pyridine rings is 2. The first-order valence-corrected chi connectivity index (χ1v) is 38.0. The lowest BCUT2D eigenvalue weighted by Crippen LogP contribution is -2.40. The largest absolute Gasteiger partial charge is 0.489 e.